The number of hydrogen-bond acceptors (Lipinski definition) is 5. The SMILES string of the molecule is CCc1cc2c(=O)c(Oc3ccc(I)cc3)c(C(F)(F)F)oc2cc1OC(=O)c1ccc(Cl)cc1Cl. The molecule has 3 aromatic carbocycles. The summed E-state index contributed by atoms with van der Waals surface area (Å²) in [7, 11) is 0. The van der Waals surface area contributed by atoms with E-state index in [9.17, 15) is 22.8 Å². The Bertz CT molecular complexity index is 1530. The predicted molar refractivity (Wildman–Crippen MR) is 138 cm³/mol. The third kappa shape index (κ3) is 5.47. The molecule has 0 atom stereocenters. The van der Waals surface area contributed by atoms with Crippen LogP contribution in [0.25, 0.3) is 11.0 Å². The van der Waals surface area contributed by atoms with Crippen LogP contribution >= 0.6 is 45.8 Å². The maximum absolute atomic E-state index is 13.9. The van der Waals surface area contributed by atoms with Gasteiger partial charge in [-0.05, 0) is 83.1 Å². The van der Waals surface area contributed by atoms with Crippen molar-refractivity contribution in [2.24, 2.45) is 0 Å². The maximum Gasteiger partial charge on any atom is 0.453 e. The summed E-state index contributed by atoms with van der Waals surface area (Å²) in [4.78, 5) is 25.8. The summed E-state index contributed by atoms with van der Waals surface area (Å²) in [5.41, 5.74) is -1.06. The van der Waals surface area contributed by atoms with Crippen molar-refractivity contribution in [1.29, 1.82) is 0 Å². The van der Waals surface area contributed by atoms with Crippen molar-refractivity contribution in [1.82, 2.24) is 0 Å². The number of benzene rings is 3. The Morgan fingerprint density at radius 3 is 2.36 bits per heavy atom. The molecule has 4 rings (SSSR count). The van der Waals surface area contributed by atoms with E-state index in [1.54, 1.807) is 19.1 Å². The number of alkyl halides is 3. The van der Waals surface area contributed by atoms with Crippen LogP contribution in [0.3, 0.4) is 0 Å². The van der Waals surface area contributed by atoms with Crippen LogP contribution < -0.4 is 14.9 Å². The highest BCUT2D eigenvalue weighted by Gasteiger charge is 2.40. The minimum Gasteiger partial charge on any atom is -0.449 e. The summed E-state index contributed by atoms with van der Waals surface area (Å²) >= 11 is 13.9. The van der Waals surface area contributed by atoms with E-state index in [-0.39, 0.29) is 27.5 Å². The van der Waals surface area contributed by atoms with Crippen LogP contribution in [0.5, 0.6) is 17.2 Å². The Hall–Kier alpha value is -2.76. The molecule has 36 heavy (non-hydrogen) atoms. The molecule has 4 aromatic rings. The first-order valence-electron chi connectivity index (χ1n) is 10.3. The van der Waals surface area contributed by atoms with E-state index >= 15 is 0 Å². The fourth-order valence-electron chi connectivity index (χ4n) is 3.33. The Kier molecular flexibility index (Phi) is 7.53. The number of carbonyl (C=O) groups is 1. The Morgan fingerprint density at radius 1 is 1.06 bits per heavy atom. The second-order valence-corrected chi connectivity index (χ2v) is 9.56. The van der Waals surface area contributed by atoms with Crippen molar-refractivity contribution >= 4 is 62.7 Å². The quantitative estimate of drug-likeness (QED) is 0.124. The highest BCUT2D eigenvalue weighted by molar-refractivity contribution is 14.1. The predicted octanol–water partition coefficient (Wildman–Crippen LogP) is 8.30. The van der Waals surface area contributed by atoms with Crippen molar-refractivity contribution in [3.8, 4) is 17.2 Å². The minimum absolute atomic E-state index is 0.00178. The van der Waals surface area contributed by atoms with E-state index in [0.717, 1.165) is 9.64 Å². The average Bonchev–Trinajstić information content (AvgIpc) is 2.81. The van der Waals surface area contributed by atoms with E-state index in [2.05, 4.69) is 0 Å². The third-order valence-corrected chi connectivity index (χ3v) is 6.32. The molecular formula is C25H14Cl2F3IO5. The van der Waals surface area contributed by atoms with E-state index in [1.807, 2.05) is 22.6 Å². The van der Waals surface area contributed by atoms with Gasteiger partial charge in [-0.25, -0.2) is 4.79 Å². The lowest BCUT2D eigenvalue weighted by atomic mass is 10.1. The van der Waals surface area contributed by atoms with Crippen LogP contribution in [0.1, 0.15) is 28.6 Å². The first-order valence-corrected chi connectivity index (χ1v) is 12.1. The van der Waals surface area contributed by atoms with Crippen molar-refractivity contribution in [3.05, 3.63) is 95.3 Å². The molecule has 0 bridgehead atoms. The van der Waals surface area contributed by atoms with Gasteiger partial charge >= 0.3 is 12.1 Å². The molecule has 1 aromatic heterocycles. The van der Waals surface area contributed by atoms with Gasteiger partial charge in [-0.3, -0.25) is 4.79 Å². The molecular weight excluding hydrogens is 635 g/mol. The zero-order valence-corrected chi connectivity index (χ0v) is 21.9. The maximum atomic E-state index is 13.9. The molecule has 5 nitrogen and oxygen atoms in total. The van der Waals surface area contributed by atoms with Crippen molar-refractivity contribution in [2.45, 2.75) is 19.5 Å². The summed E-state index contributed by atoms with van der Waals surface area (Å²) in [6.45, 7) is 1.72. The molecule has 0 amide bonds. The van der Waals surface area contributed by atoms with Gasteiger partial charge in [0.15, 0.2) is 0 Å². The average molecular weight is 649 g/mol. The van der Waals surface area contributed by atoms with Gasteiger partial charge in [-0.2, -0.15) is 13.2 Å². The van der Waals surface area contributed by atoms with Gasteiger partial charge in [0.2, 0.25) is 11.2 Å². The molecule has 0 saturated carbocycles. The minimum atomic E-state index is -5.04. The van der Waals surface area contributed by atoms with Crippen LogP contribution in [0.4, 0.5) is 13.2 Å². The number of ether oxygens (including phenoxy) is 2. The van der Waals surface area contributed by atoms with E-state index < -0.39 is 34.7 Å². The molecule has 0 aliphatic carbocycles. The molecule has 0 aliphatic rings. The first kappa shape index (κ1) is 26.3. The Balaban J connectivity index is 1.83. The fraction of sp³-hybridized carbons (Fsp3) is 0.120. The smallest absolute Gasteiger partial charge is 0.449 e. The van der Waals surface area contributed by atoms with E-state index in [4.69, 9.17) is 37.1 Å². The molecule has 0 saturated heterocycles. The van der Waals surface area contributed by atoms with E-state index in [0.29, 0.717) is 17.0 Å². The standard InChI is InChI=1S/C25H14Cl2F3IO5/c1-2-12-9-17-20(11-19(12)36-24(33)16-8-3-13(26)10-18(16)27)35-23(25(28,29)30)22(21(17)32)34-15-6-4-14(31)5-7-15/h3-11H,2H2,1H3. The van der Waals surface area contributed by atoms with Crippen LogP contribution in [0, 0.1) is 3.57 Å². The summed E-state index contributed by atoms with van der Waals surface area (Å²) in [6.07, 6.45) is -4.75. The number of rotatable bonds is 5. The highest BCUT2D eigenvalue weighted by Crippen LogP contribution is 2.39. The molecule has 1 heterocycles. The van der Waals surface area contributed by atoms with Gasteiger partial charge in [0.05, 0.1) is 16.0 Å². The molecule has 0 N–H and O–H groups in total. The Morgan fingerprint density at radius 2 is 1.75 bits per heavy atom. The van der Waals surface area contributed by atoms with Gasteiger partial charge in [0.25, 0.3) is 5.76 Å². The zero-order chi connectivity index (χ0) is 26.2. The Labute approximate surface area is 225 Å². The largest absolute Gasteiger partial charge is 0.453 e. The van der Waals surface area contributed by atoms with Crippen LogP contribution in [0.2, 0.25) is 10.0 Å². The third-order valence-electron chi connectivity index (χ3n) is 5.06. The van der Waals surface area contributed by atoms with Crippen LogP contribution in [-0.4, -0.2) is 5.97 Å². The number of hydrogen-bond donors (Lipinski definition) is 0. The molecule has 0 fully saturated rings. The lowest BCUT2D eigenvalue weighted by Gasteiger charge is -2.15. The lowest BCUT2D eigenvalue weighted by Crippen LogP contribution is -2.16. The molecule has 186 valence electrons. The van der Waals surface area contributed by atoms with Gasteiger partial charge in [0.1, 0.15) is 17.1 Å². The fourth-order valence-corrected chi connectivity index (χ4v) is 4.18. The van der Waals surface area contributed by atoms with Gasteiger partial charge < -0.3 is 13.9 Å². The number of halogens is 6. The normalized spacial score (nSPS) is 11.5. The number of carbonyl (C=O) groups excluding carboxylic acids is 1. The molecule has 0 radical (unpaired) electrons. The van der Waals surface area contributed by atoms with Crippen molar-refractivity contribution < 1.29 is 31.9 Å². The highest BCUT2D eigenvalue weighted by atomic mass is 127. The first-order chi connectivity index (χ1) is 17.0. The lowest BCUT2D eigenvalue weighted by molar-refractivity contribution is -0.154. The van der Waals surface area contributed by atoms with Gasteiger partial charge in [-0.15, -0.1) is 0 Å². The van der Waals surface area contributed by atoms with Crippen LogP contribution in [-0.2, 0) is 12.6 Å². The summed E-state index contributed by atoms with van der Waals surface area (Å²) in [5.74, 6) is -3.50. The number of aryl methyl sites for hydroxylation is 1. The molecule has 0 aliphatic heterocycles. The second kappa shape index (κ2) is 10.3. The second-order valence-electron chi connectivity index (χ2n) is 7.47. The van der Waals surface area contributed by atoms with Crippen LogP contribution in [0.15, 0.2) is 63.8 Å². The van der Waals surface area contributed by atoms with Gasteiger partial charge in [-0.1, -0.05) is 30.1 Å². The van der Waals surface area contributed by atoms with Gasteiger partial charge in [0, 0.05) is 14.7 Å². The van der Waals surface area contributed by atoms with E-state index in [1.165, 1.54) is 36.4 Å². The number of esters is 1. The summed E-state index contributed by atoms with van der Waals surface area (Å²) in [5, 5.41) is 0.181. The monoisotopic (exact) mass is 648 g/mol. The molecule has 0 spiro atoms. The zero-order valence-electron chi connectivity index (χ0n) is 18.2. The molecule has 11 heteroatoms. The van der Waals surface area contributed by atoms with Crippen molar-refractivity contribution in [3.63, 3.8) is 0 Å². The van der Waals surface area contributed by atoms with Crippen molar-refractivity contribution in [2.75, 3.05) is 0 Å². The topological polar surface area (TPSA) is 65.7 Å². The number of fused-ring (bicyclic) bond motifs is 1. The molecule has 0 unspecified atom stereocenters. The summed E-state index contributed by atoms with van der Waals surface area (Å²) < 4.78 is 58.3. The summed E-state index contributed by atoms with van der Waals surface area (Å²) in [6, 6.07) is 12.6.